The van der Waals surface area contributed by atoms with Crippen LogP contribution in [0.2, 0.25) is 0 Å². The van der Waals surface area contributed by atoms with Gasteiger partial charge < -0.3 is 10.1 Å². The molecule has 0 radical (unpaired) electrons. The Morgan fingerprint density at radius 1 is 0.931 bits per heavy atom. The van der Waals surface area contributed by atoms with Gasteiger partial charge in [-0.1, -0.05) is 24.3 Å². The van der Waals surface area contributed by atoms with Crippen molar-refractivity contribution >= 4 is 34.7 Å². The van der Waals surface area contributed by atoms with Crippen molar-refractivity contribution in [1.29, 1.82) is 0 Å². The number of Topliss-reactive ketones (excluding diaryl/α,β-unsaturated/α-hetero) is 1. The molecule has 0 saturated heterocycles. The van der Waals surface area contributed by atoms with E-state index in [0.717, 1.165) is 19.3 Å². The number of hydrogen-bond donors (Lipinski definition) is 1. The fourth-order valence-corrected chi connectivity index (χ4v) is 3.99. The molecule has 1 aliphatic carbocycles. The van der Waals surface area contributed by atoms with Crippen LogP contribution in [0.4, 0.5) is 5.69 Å². The number of hydrogen-bond acceptors (Lipinski definition) is 5. The van der Waals surface area contributed by atoms with Gasteiger partial charge in [0.2, 0.25) is 0 Å². The Morgan fingerprint density at radius 2 is 1.79 bits per heavy atom. The normalized spacial score (nSPS) is 12.3. The van der Waals surface area contributed by atoms with Crippen LogP contribution in [-0.2, 0) is 17.6 Å². The first-order valence-electron chi connectivity index (χ1n) is 9.37. The lowest BCUT2D eigenvalue weighted by molar-refractivity contribution is 0.0474. The van der Waals surface area contributed by atoms with Crippen molar-refractivity contribution in [3.63, 3.8) is 0 Å². The van der Waals surface area contributed by atoms with E-state index in [4.69, 9.17) is 4.74 Å². The quantitative estimate of drug-likeness (QED) is 0.483. The number of thiophene rings is 1. The van der Waals surface area contributed by atoms with Gasteiger partial charge in [-0.15, -0.1) is 11.3 Å². The lowest BCUT2D eigenvalue weighted by atomic mass is 10.0. The van der Waals surface area contributed by atoms with Gasteiger partial charge in [0, 0.05) is 11.3 Å². The molecule has 1 amide bonds. The fraction of sp³-hybridized carbons (Fsp3) is 0.174. The minimum Gasteiger partial charge on any atom is -0.454 e. The molecule has 0 unspecified atom stereocenters. The van der Waals surface area contributed by atoms with Gasteiger partial charge in [-0.05, 0) is 66.1 Å². The van der Waals surface area contributed by atoms with Crippen LogP contribution in [-0.4, -0.2) is 24.3 Å². The maximum absolute atomic E-state index is 12.4. The van der Waals surface area contributed by atoms with E-state index in [-0.39, 0.29) is 23.9 Å². The second kappa shape index (κ2) is 8.41. The Labute approximate surface area is 172 Å². The molecule has 0 atom stereocenters. The van der Waals surface area contributed by atoms with E-state index < -0.39 is 5.97 Å². The molecule has 3 aromatic rings. The van der Waals surface area contributed by atoms with E-state index in [9.17, 15) is 14.4 Å². The van der Waals surface area contributed by atoms with E-state index in [0.29, 0.717) is 16.1 Å². The van der Waals surface area contributed by atoms with Crippen molar-refractivity contribution < 1.29 is 19.1 Å². The summed E-state index contributed by atoms with van der Waals surface area (Å²) < 4.78 is 5.20. The van der Waals surface area contributed by atoms with Crippen LogP contribution < -0.4 is 5.32 Å². The van der Waals surface area contributed by atoms with Gasteiger partial charge in [-0.3, -0.25) is 9.59 Å². The predicted molar refractivity (Wildman–Crippen MR) is 112 cm³/mol. The number of aryl methyl sites for hydroxylation is 2. The highest BCUT2D eigenvalue weighted by Crippen LogP contribution is 2.23. The third kappa shape index (κ3) is 4.43. The number of amides is 1. The molecule has 1 aromatic heterocycles. The summed E-state index contributed by atoms with van der Waals surface area (Å²) in [6, 6.07) is 15.7. The zero-order valence-corrected chi connectivity index (χ0v) is 16.5. The van der Waals surface area contributed by atoms with E-state index in [1.165, 1.54) is 28.5 Å². The molecule has 4 rings (SSSR count). The molecule has 29 heavy (non-hydrogen) atoms. The Kier molecular flexibility index (Phi) is 5.53. The number of fused-ring (bicyclic) bond motifs is 1. The minimum atomic E-state index is -0.605. The van der Waals surface area contributed by atoms with Gasteiger partial charge in [0.15, 0.2) is 12.4 Å². The zero-order valence-electron chi connectivity index (χ0n) is 15.6. The van der Waals surface area contributed by atoms with Crippen molar-refractivity contribution in [3.8, 4) is 0 Å². The van der Waals surface area contributed by atoms with E-state index in [1.807, 2.05) is 17.5 Å². The third-order valence-corrected chi connectivity index (χ3v) is 5.72. The van der Waals surface area contributed by atoms with Gasteiger partial charge in [-0.25, -0.2) is 4.79 Å². The summed E-state index contributed by atoms with van der Waals surface area (Å²) in [5.74, 6) is -1.07. The van der Waals surface area contributed by atoms with Crippen molar-refractivity contribution in [2.75, 3.05) is 11.9 Å². The summed E-state index contributed by atoms with van der Waals surface area (Å²) in [7, 11) is 0. The molecule has 1 N–H and O–H groups in total. The highest BCUT2D eigenvalue weighted by molar-refractivity contribution is 7.12. The fourth-order valence-electron chi connectivity index (χ4n) is 3.37. The highest BCUT2D eigenvalue weighted by atomic mass is 32.1. The lowest BCUT2D eigenvalue weighted by Gasteiger charge is -2.08. The molecule has 6 heteroatoms. The van der Waals surface area contributed by atoms with Crippen molar-refractivity contribution in [1.82, 2.24) is 0 Å². The Hall–Kier alpha value is -3.25. The zero-order chi connectivity index (χ0) is 20.2. The molecule has 146 valence electrons. The first-order valence-corrected chi connectivity index (χ1v) is 10.3. The van der Waals surface area contributed by atoms with Crippen LogP contribution >= 0.6 is 11.3 Å². The second-order valence-electron chi connectivity index (χ2n) is 6.85. The number of anilines is 1. The van der Waals surface area contributed by atoms with Gasteiger partial charge >= 0.3 is 5.97 Å². The number of ketones is 1. The summed E-state index contributed by atoms with van der Waals surface area (Å²) in [6.45, 7) is -0.316. The molecule has 2 aromatic carbocycles. The number of benzene rings is 2. The Morgan fingerprint density at radius 3 is 2.62 bits per heavy atom. The lowest BCUT2D eigenvalue weighted by Crippen LogP contribution is -2.15. The monoisotopic (exact) mass is 405 g/mol. The van der Waals surface area contributed by atoms with Crippen molar-refractivity contribution in [2.45, 2.75) is 19.3 Å². The second-order valence-corrected chi connectivity index (χ2v) is 7.80. The first kappa shape index (κ1) is 19.1. The summed E-state index contributed by atoms with van der Waals surface area (Å²) in [4.78, 5) is 37.5. The van der Waals surface area contributed by atoms with Crippen LogP contribution in [0.1, 0.15) is 47.9 Å². The van der Waals surface area contributed by atoms with E-state index in [1.54, 1.807) is 36.4 Å². The first-order chi connectivity index (χ1) is 14.1. The number of ether oxygens (including phenoxy) is 1. The standard InChI is InChI=1S/C23H19NO4S/c25-20(17-10-9-15-4-1-5-16(15)12-17)14-28-23(27)18-6-2-7-19(13-18)24-22(26)21-8-3-11-29-21/h2-3,6-13H,1,4-5,14H2,(H,24,26). The predicted octanol–water partition coefficient (Wildman–Crippen LogP) is 4.53. The van der Waals surface area contributed by atoms with Crippen LogP contribution in [0.25, 0.3) is 0 Å². The topological polar surface area (TPSA) is 72.5 Å². The molecule has 5 nitrogen and oxygen atoms in total. The van der Waals surface area contributed by atoms with Crippen LogP contribution in [0.5, 0.6) is 0 Å². The van der Waals surface area contributed by atoms with Gasteiger partial charge in [-0.2, -0.15) is 0 Å². The molecular weight excluding hydrogens is 386 g/mol. The molecule has 0 saturated carbocycles. The molecule has 1 heterocycles. The Balaban J connectivity index is 1.37. The van der Waals surface area contributed by atoms with Crippen molar-refractivity contribution in [2.24, 2.45) is 0 Å². The molecule has 0 fully saturated rings. The van der Waals surface area contributed by atoms with Gasteiger partial charge in [0.1, 0.15) is 0 Å². The summed E-state index contributed by atoms with van der Waals surface area (Å²) >= 11 is 1.34. The van der Waals surface area contributed by atoms with Crippen LogP contribution in [0.3, 0.4) is 0 Å². The largest absolute Gasteiger partial charge is 0.454 e. The maximum atomic E-state index is 12.4. The molecule has 0 aliphatic heterocycles. The minimum absolute atomic E-state index is 0.227. The highest BCUT2D eigenvalue weighted by Gasteiger charge is 2.16. The SMILES string of the molecule is O=C(COC(=O)c1cccc(NC(=O)c2cccs2)c1)c1ccc2c(c1)CCC2. The van der Waals surface area contributed by atoms with Gasteiger partial charge in [0.05, 0.1) is 10.4 Å². The van der Waals surface area contributed by atoms with Crippen molar-refractivity contribution in [3.05, 3.63) is 87.1 Å². The average Bonchev–Trinajstić information content (AvgIpc) is 3.43. The molecule has 0 bridgehead atoms. The van der Waals surface area contributed by atoms with Crippen LogP contribution in [0, 0.1) is 0 Å². The number of carbonyl (C=O) groups excluding carboxylic acids is 3. The number of rotatable bonds is 6. The van der Waals surface area contributed by atoms with Crippen LogP contribution in [0.15, 0.2) is 60.0 Å². The molecular formula is C23H19NO4S. The summed E-state index contributed by atoms with van der Waals surface area (Å²) in [5, 5.41) is 4.57. The third-order valence-electron chi connectivity index (χ3n) is 4.86. The maximum Gasteiger partial charge on any atom is 0.338 e. The Bertz CT molecular complexity index is 1070. The smallest absolute Gasteiger partial charge is 0.338 e. The van der Waals surface area contributed by atoms with Gasteiger partial charge in [0.25, 0.3) is 5.91 Å². The number of carbonyl (C=O) groups is 3. The van der Waals surface area contributed by atoms with E-state index >= 15 is 0 Å². The molecule has 0 spiro atoms. The number of esters is 1. The summed E-state index contributed by atoms with van der Waals surface area (Å²) in [5.41, 5.74) is 3.82. The average molecular weight is 405 g/mol. The summed E-state index contributed by atoms with van der Waals surface area (Å²) in [6.07, 6.45) is 3.15. The van der Waals surface area contributed by atoms with E-state index in [2.05, 4.69) is 5.32 Å². The number of nitrogens with one attached hydrogen (secondary N) is 1. The molecule has 1 aliphatic rings.